The lowest BCUT2D eigenvalue weighted by Crippen LogP contribution is -2.04. The van der Waals surface area contributed by atoms with Gasteiger partial charge in [-0.3, -0.25) is 0 Å². The van der Waals surface area contributed by atoms with Crippen molar-refractivity contribution in [2.24, 2.45) is 11.8 Å². The van der Waals surface area contributed by atoms with Crippen LogP contribution in [-0.4, -0.2) is 0 Å². The smallest absolute Gasteiger partial charge is 0.107 e. The monoisotopic (exact) mass is 312 g/mol. The molecule has 0 spiro atoms. The topological polar surface area (TPSA) is 0 Å². The van der Waals surface area contributed by atoms with Crippen molar-refractivity contribution in [3.63, 3.8) is 0 Å². The van der Waals surface area contributed by atoms with Gasteiger partial charge in [-0.25, -0.2) is 0 Å². The second-order valence-electron chi connectivity index (χ2n) is 3.87. The van der Waals surface area contributed by atoms with E-state index in [4.69, 9.17) is 23.2 Å². The predicted octanol–water partition coefficient (Wildman–Crippen LogP) is 5.49. The SMILES string of the molecule is CC(C1CC1)C(Cl)c1cc(Br)c(Cl)s1. The molecule has 1 heterocycles. The Bertz CT molecular complexity index is 313. The highest BCUT2D eigenvalue weighted by Crippen LogP contribution is 2.48. The molecule has 1 aliphatic carbocycles. The summed E-state index contributed by atoms with van der Waals surface area (Å²) in [6.07, 6.45) is 2.68. The molecular formula is C10H11BrCl2S. The van der Waals surface area contributed by atoms with Crippen LogP contribution in [0.3, 0.4) is 0 Å². The molecular weight excluding hydrogens is 303 g/mol. The van der Waals surface area contributed by atoms with Gasteiger partial charge in [-0.15, -0.1) is 22.9 Å². The lowest BCUT2D eigenvalue weighted by molar-refractivity contribution is 0.495. The van der Waals surface area contributed by atoms with Gasteiger partial charge in [0.1, 0.15) is 4.34 Å². The van der Waals surface area contributed by atoms with Crippen LogP contribution in [0.4, 0.5) is 0 Å². The third-order valence-corrected chi connectivity index (χ3v) is 6.08. The zero-order valence-corrected chi connectivity index (χ0v) is 11.7. The highest BCUT2D eigenvalue weighted by molar-refractivity contribution is 9.10. The fourth-order valence-corrected chi connectivity index (χ4v) is 3.85. The van der Waals surface area contributed by atoms with Crippen molar-refractivity contribution in [2.45, 2.75) is 25.1 Å². The second kappa shape index (κ2) is 4.32. The van der Waals surface area contributed by atoms with Crippen LogP contribution in [0, 0.1) is 11.8 Å². The fraction of sp³-hybridized carbons (Fsp3) is 0.600. The molecule has 0 N–H and O–H groups in total. The van der Waals surface area contributed by atoms with Crippen LogP contribution in [0.5, 0.6) is 0 Å². The van der Waals surface area contributed by atoms with E-state index in [9.17, 15) is 0 Å². The zero-order valence-electron chi connectivity index (χ0n) is 7.77. The molecule has 1 saturated carbocycles. The lowest BCUT2D eigenvalue weighted by atomic mass is 10.0. The summed E-state index contributed by atoms with van der Waals surface area (Å²) in [5.74, 6) is 1.40. The Hall–Kier alpha value is 0.760. The standard InChI is InChI=1S/C10H11BrCl2S/c1-5(6-2-3-6)9(12)8-4-7(11)10(13)14-8/h4-6,9H,2-3H2,1H3. The molecule has 0 nitrogen and oxygen atoms in total. The second-order valence-corrected chi connectivity index (χ2v) is 6.88. The first-order chi connectivity index (χ1) is 6.59. The van der Waals surface area contributed by atoms with E-state index in [1.165, 1.54) is 17.7 Å². The van der Waals surface area contributed by atoms with E-state index in [1.54, 1.807) is 11.3 Å². The van der Waals surface area contributed by atoms with E-state index >= 15 is 0 Å². The first-order valence-corrected chi connectivity index (χ1v) is 7.10. The molecule has 0 amide bonds. The van der Waals surface area contributed by atoms with E-state index < -0.39 is 0 Å². The minimum atomic E-state index is 0.122. The third-order valence-electron chi connectivity index (χ3n) is 2.76. The van der Waals surface area contributed by atoms with Crippen molar-refractivity contribution >= 4 is 50.5 Å². The lowest BCUT2D eigenvalue weighted by Gasteiger charge is -2.15. The van der Waals surface area contributed by atoms with Gasteiger partial charge in [-0.1, -0.05) is 18.5 Å². The molecule has 2 atom stereocenters. The third kappa shape index (κ3) is 2.29. The van der Waals surface area contributed by atoms with Crippen LogP contribution in [0.1, 0.15) is 30.0 Å². The first-order valence-electron chi connectivity index (χ1n) is 4.68. The fourth-order valence-electron chi connectivity index (χ4n) is 1.62. The zero-order chi connectivity index (χ0) is 10.3. The van der Waals surface area contributed by atoms with Gasteiger partial charge in [0.05, 0.1) is 5.38 Å². The Labute approximate surface area is 107 Å². The number of hydrogen-bond donors (Lipinski definition) is 0. The number of thiophene rings is 1. The van der Waals surface area contributed by atoms with Gasteiger partial charge >= 0.3 is 0 Å². The molecule has 0 aromatic carbocycles. The number of halogens is 3. The van der Waals surface area contributed by atoms with Crippen LogP contribution >= 0.6 is 50.5 Å². The highest BCUT2D eigenvalue weighted by atomic mass is 79.9. The van der Waals surface area contributed by atoms with Crippen LogP contribution in [0.25, 0.3) is 0 Å². The van der Waals surface area contributed by atoms with E-state index in [2.05, 4.69) is 22.9 Å². The Balaban J connectivity index is 2.13. The maximum atomic E-state index is 6.41. The first kappa shape index (κ1) is 11.3. The minimum Gasteiger partial charge on any atom is -0.126 e. The molecule has 78 valence electrons. The predicted molar refractivity (Wildman–Crippen MR) is 67.5 cm³/mol. The summed E-state index contributed by atoms with van der Waals surface area (Å²) in [6, 6.07) is 2.05. The normalized spacial score (nSPS) is 20.9. The Morgan fingerprint density at radius 3 is 2.64 bits per heavy atom. The van der Waals surface area contributed by atoms with Gasteiger partial charge in [0.15, 0.2) is 0 Å². The van der Waals surface area contributed by atoms with Crippen LogP contribution in [0.15, 0.2) is 10.5 Å². The molecule has 1 aromatic rings. The average Bonchev–Trinajstić information content (AvgIpc) is 2.93. The van der Waals surface area contributed by atoms with E-state index in [0.717, 1.165) is 14.7 Å². The molecule has 1 aromatic heterocycles. The molecule has 0 saturated heterocycles. The molecule has 1 fully saturated rings. The van der Waals surface area contributed by atoms with Gasteiger partial charge in [-0.05, 0) is 46.7 Å². The van der Waals surface area contributed by atoms with Crippen molar-refractivity contribution in [1.29, 1.82) is 0 Å². The molecule has 1 aliphatic rings. The van der Waals surface area contributed by atoms with Crippen LogP contribution in [0.2, 0.25) is 4.34 Å². The number of hydrogen-bond acceptors (Lipinski definition) is 1. The van der Waals surface area contributed by atoms with Gasteiger partial charge in [0.25, 0.3) is 0 Å². The summed E-state index contributed by atoms with van der Waals surface area (Å²) in [4.78, 5) is 1.18. The summed E-state index contributed by atoms with van der Waals surface area (Å²) < 4.78 is 1.77. The van der Waals surface area contributed by atoms with Crippen LogP contribution < -0.4 is 0 Å². The van der Waals surface area contributed by atoms with Crippen molar-refractivity contribution in [2.75, 3.05) is 0 Å². The minimum absolute atomic E-state index is 0.122. The average molecular weight is 314 g/mol. The van der Waals surface area contributed by atoms with Crippen molar-refractivity contribution < 1.29 is 0 Å². The summed E-state index contributed by atoms with van der Waals surface area (Å²) >= 11 is 17.4. The van der Waals surface area contributed by atoms with Crippen LogP contribution in [-0.2, 0) is 0 Å². The molecule has 0 bridgehead atoms. The Kier molecular flexibility index (Phi) is 3.48. The molecule has 2 rings (SSSR count). The number of alkyl halides is 1. The maximum absolute atomic E-state index is 6.41. The number of rotatable bonds is 3. The molecule has 2 unspecified atom stereocenters. The van der Waals surface area contributed by atoms with Gasteiger partial charge in [0, 0.05) is 9.35 Å². The van der Waals surface area contributed by atoms with Gasteiger partial charge < -0.3 is 0 Å². The summed E-state index contributed by atoms with van der Waals surface area (Å²) in [7, 11) is 0. The largest absolute Gasteiger partial charge is 0.126 e. The van der Waals surface area contributed by atoms with E-state index in [-0.39, 0.29) is 5.38 Å². The van der Waals surface area contributed by atoms with Gasteiger partial charge in [-0.2, -0.15) is 0 Å². The summed E-state index contributed by atoms with van der Waals surface area (Å²) in [5, 5.41) is 0.122. The van der Waals surface area contributed by atoms with Crippen molar-refractivity contribution in [1.82, 2.24) is 0 Å². The summed E-state index contributed by atoms with van der Waals surface area (Å²) in [5.41, 5.74) is 0. The van der Waals surface area contributed by atoms with Crippen molar-refractivity contribution in [3.05, 3.63) is 19.8 Å². The Morgan fingerprint density at radius 2 is 2.21 bits per heavy atom. The Morgan fingerprint density at radius 1 is 1.57 bits per heavy atom. The summed E-state index contributed by atoms with van der Waals surface area (Å²) in [6.45, 7) is 2.23. The van der Waals surface area contributed by atoms with Crippen molar-refractivity contribution in [3.8, 4) is 0 Å². The van der Waals surface area contributed by atoms with E-state index in [1.807, 2.05) is 6.07 Å². The molecule has 0 radical (unpaired) electrons. The molecule has 14 heavy (non-hydrogen) atoms. The molecule has 4 heteroatoms. The quantitative estimate of drug-likeness (QED) is 0.647. The molecule has 0 aliphatic heterocycles. The van der Waals surface area contributed by atoms with Gasteiger partial charge in [0.2, 0.25) is 0 Å². The maximum Gasteiger partial charge on any atom is 0.107 e. The van der Waals surface area contributed by atoms with E-state index in [0.29, 0.717) is 5.92 Å². The highest BCUT2D eigenvalue weighted by Gasteiger charge is 2.33.